The molecule has 3 aromatic heterocycles. The lowest BCUT2D eigenvalue weighted by Crippen LogP contribution is -2.11. The molecule has 0 saturated carbocycles. The molecule has 136 valence electrons. The first-order chi connectivity index (χ1) is 13.1. The Morgan fingerprint density at radius 1 is 1.15 bits per heavy atom. The van der Waals surface area contributed by atoms with E-state index >= 15 is 0 Å². The molecule has 0 atom stereocenters. The zero-order chi connectivity index (χ0) is 18.8. The van der Waals surface area contributed by atoms with Crippen LogP contribution in [0.15, 0.2) is 36.7 Å². The van der Waals surface area contributed by atoms with Crippen molar-refractivity contribution in [2.45, 2.75) is 6.54 Å². The molecule has 8 heteroatoms. The minimum absolute atomic E-state index is 0.286. The van der Waals surface area contributed by atoms with Crippen LogP contribution in [-0.2, 0) is 6.54 Å². The van der Waals surface area contributed by atoms with Gasteiger partial charge >= 0.3 is 0 Å². The summed E-state index contributed by atoms with van der Waals surface area (Å²) in [6.07, 6.45) is 7.21. The number of hydrogen-bond acceptors (Lipinski definition) is 5. The van der Waals surface area contributed by atoms with Crippen molar-refractivity contribution in [2.75, 3.05) is 14.1 Å². The topological polar surface area (TPSA) is 86.4 Å². The minimum atomic E-state index is -0.418. The Morgan fingerprint density at radius 3 is 2.81 bits per heavy atom. The zero-order valence-electron chi connectivity index (χ0n) is 14.9. The van der Waals surface area contributed by atoms with E-state index in [1.807, 2.05) is 49.3 Å². The normalized spacial score (nSPS) is 11.9. The van der Waals surface area contributed by atoms with E-state index in [-0.39, 0.29) is 5.52 Å². The van der Waals surface area contributed by atoms with Gasteiger partial charge in [0.1, 0.15) is 11.3 Å². The molecule has 0 aliphatic heterocycles. The number of nitrogens with zero attached hydrogens (tertiary/aromatic N) is 5. The fourth-order valence-electron chi connectivity index (χ4n) is 2.80. The van der Waals surface area contributed by atoms with Crippen LogP contribution in [-0.4, -0.2) is 49.4 Å². The fourth-order valence-corrected chi connectivity index (χ4v) is 2.80. The number of nitrogens with one attached hydrogen (secondary N) is 2. The number of hydrogen-bond donors (Lipinski definition) is 2. The predicted octanol–water partition coefficient (Wildman–Crippen LogP) is 3.11. The first-order valence-corrected chi connectivity index (χ1v) is 8.42. The lowest BCUT2D eigenvalue weighted by Gasteiger charge is -2.04. The van der Waals surface area contributed by atoms with Crippen LogP contribution in [0.4, 0.5) is 4.39 Å². The highest BCUT2D eigenvalue weighted by molar-refractivity contribution is 5.92. The molecule has 0 radical (unpaired) electrons. The van der Waals surface area contributed by atoms with Crippen molar-refractivity contribution in [3.8, 4) is 11.4 Å². The van der Waals surface area contributed by atoms with Gasteiger partial charge in [-0.3, -0.25) is 15.2 Å². The molecule has 4 aromatic rings. The Kier molecular flexibility index (Phi) is 4.47. The van der Waals surface area contributed by atoms with Crippen LogP contribution < -0.4 is 0 Å². The van der Waals surface area contributed by atoms with E-state index < -0.39 is 5.82 Å². The molecule has 0 unspecified atom stereocenters. The number of aromatic nitrogens is 6. The number of aromatic amines is 2. The molecule has 0 spiro atoms. The summed E-state index contributed by atoms with van der Waals surface area (Å²) in [6, 6.07) is 7.04. The lowest BCUT2D eigenvalue weighted by molar-refractivity contribution is 0.391. The molecule has 4 rings (SSSR count). The average molecular weight is 363 g/mol. The smallest absolute Gasteiger partial charge is 0.181 e. The Hall–Kier alpha value is -3.39. The summed E-state index contributed by atoms with van der Waals surface area (Å²) in [5.74, 6) is 0.758. The third kappa shape index (κ3) is 3.61. The molecule has 1 aromatic carbocycles. The molecule has 27 heavy (non-hydrogen) atoms. The van der Waals surface area contributed by atoms with E-state index in [4.69, 9.17) is 0 Å². The number of benzene rings is 1. The second kappa shape index (κ2) is 7.08. The predicted molar refractivity (Wildman–Crippen MR) is 102 cm³/mol. The van der Waals surface area contributed by atoms with Crippen molar-refractivity contribution in [3.05, 3.63) is 59.6 Å². The maximum atomic E-state index is 14.5. The third-order valence-electron chi connectivity index (χ3n) is 4.02. The van der Waals surface area contributed by atoms with Crippen molar-refractivity contribution in [3.63, 3.8) is 0 Å². The van der Waals surface area contributed by atoms with Gasteiger partial charge in [0.15, 0.2) is 11.6 Å². The summed E-state index contributed by atoms with van der Waals surface area (Å²) in [5.41, 5.74) is 2.53. The van der Waals surface area contributed by atoms with Crippen molar-refractivity contribution >= 4 is 23.1 Å². The van der Waals surface area contributed by atoms with E-state index in [1.165, 1.54) is 6.07 Å². The third-order valence-corrected chi connectivity index (χ3v) is 4.02. The first kappa shape index (κ1) is 17.0. The van der Waals surface area contributed by atoms with Crippen LogP contribution in [0.5, 0.6) is 0 Å². The van der Waals surface area contributed by atoms with E-state index in [1.54, 1.807) is 12.4 Å². The molecule has 2 N–H and O–H groups in total. The Morgan fingerprint density at radius 2 is 2.04 bits per heavy atom. The Balaban J connectivity index is 1.71. The molecule has 0 fully saturated rings. The largest absolute Gasteiger partial charge is 0.302 e. The molecule has 0 saturated heterocycles. The Labute approximate surface area is 155 Å². The molecular formula is C19H18FN7. The number of H-pyrrole nitrogens is 2. The van der Waals surface area contributed by atoms with E-state index in [0.717, 1.165) is 11.4 Å². The summed E-state index contributed by atoms with van der Waals surface area (Å²) in [7, 11) is 3.89. The van der Waals surface area contributed by atoms with E-state index in [0.29, 0.717) is 29.0 Å². The SMILES string of the molecule is CN(C)Cc1nc(-c2cc(F)c3n[nH]c(/C=C/c4cccnc4)c3c2)n[nH]1. The van der Waals surface area contributed by atoms with Crippen molar-refractivity contribution in [1.82, 2.24) is 35.3 Å². The van der Waals surface area contributed by atoms with Gasteiger partial charge in [-0.15, -0.1) is 0 Å². The van der Waals surface area contributed by atoms with Gasteiger partial charge in [-0.1, -0.05) is 12.1 Å². The number of fused-ring (bicyclic) bond motifs is 1. The Bertz CT molecular complexity index is 1100. The van der Waals surface area contributed by atoms with Gasteiger partial charge in [-0.2, -0.15) is 10.2 Å². The van der Waals surface area contributed by atoms with Crippen molar-refractivity contribution < 1.29 is 4.39 Å². The monoisotopic (exact) mass is 363 g/mol. The van der Waals surface area contributed by atoms with Crippen LogP contribution in [0, 0.1) is 5.82 Å². The van der Waals surface area contributed by atoms with Crippen molar-refractivity contribution in [2.24, 2.45) is 0 Å². The molecule has 0 aliphatic rings. The van der Waals surface area contributed by atoms with Gasteiger partial charge in [-0.05, 0) is 43.9 Å². The molecule has 7 nitrogen and oxygen atoms in total. The summed E-state index contributed by atoms with van der Waals surface area (Å²) in [6.45, 7) is 0.628. The molecule has 3 heterocycles. The summed E-state index contributed by atoms with van der Waals surface area (Å²) in [4.78, 5) is 10.5. The van der Waals surface area contributed by atoms with Gasteiger partial charge in [0, 0.05) is 23.3 Å². The van der Waals surface area contributed by atoms with E-state index in [9.17, 15) is 4.39 Å². The first-order valence-electron chi connectivity index (χ1n) is 8.42. The van der Waals surface area contributed by atoms with Gasteiger partial charge in [0.25, 0.3) is 0 Å². The van der Waals surface area contributed by atoms with Crippen LogP contribution in [0.1, 0.15) is 17.1 Å². The fraction of sp³-hybridized carbons (Fsp3) is 0.158. The van der Waals surface area contributed by atoms with Gasteiger partial charge in [0.05, 0.1) is 12.2 Å². The molecular weight excluding hydrogens is 345 g/mol. The maximum Gasteiger partial charge on any atom is 0.181 e. The average Bonchev–Trinajstić information content (AvgIpc) is 3.27. The molecule has 0 aliphatic carbocycles. The standard InChI is InChI=1S/C19H18FN7/c1-27(2)11-17-22-19(26-24-17)13-8-14-16(23-25-18(14)15(20)9-13)6-5-12-4-3-7-21-10-12/h3-10H,11H2,1-2H3,(H,23,25)(H,22,24,26)/b6-5+. The van der Waals surface area contributed by atoms with Gasteiger partial charge in [0.2, 0.25) is 0 Å². The van der Waals surface area contributed by atoms with Crippen LogP contribution in [0.2, 0.25) is 0 Å². The molecule has 0 bridgehead atoms. The maximum absolute atomic E-state index is 14.5. The van der Waals surface area contributed by atoms with Gasteiger partial charge in [-0.25, -0.2) is 9.37 Å². The highest BCUT2D eigenvalue weighted by Gasteiger charge is 2.14. The highest BCUT2D eigenvalue weighted by Crippen LogP contribution is 2.27. The number of pyridine rings is 1. The molecule has 0 amide bonds. The second-order valence-corrected chi connectivity index (χ2v) is 6.45. The van der Waals surface area contributed by atoms with Crippen LogP contribution in [0.25, 0.3) is 34.4 Å². The van der Waals surface area contributed by atoms with E-state index in [2.05, 4.69) is 30.4 Å². The van der Waals surface area contributed by atoms with Crippen molar-refractivity contribution in [1.29, 1.82) is 0 Å². The summed E-state index contributed by atoms with van der Waals surface area (Å²) >= 11 is 0. The quantitative estimate of drug-likeness (QED) is 0.569. The minimum Gasteiger partial charge on any atom is -0.302 e. The highest BCUT2D eigenvalue weighted by atomic mass is 19.1. The number of halogens is 1. The second-order valence-electron chi connectivity index (χ2n) is 6.45. The van der Waals surface area contributed by atoms with Crippen LogP contribution in [0.3, 0.4) is 0 Å². The number of rotatable bonds is 5. The zero-order valence-corrected chi connectivity index (χ0v) is 14.9. The summed E-state index contributed by atoms with van der Waals surface area (Å²) in [5, 5.41) is 14.7. The van der Waals surface area contributed by atoms with Gasteiger partial charge < -0.3 is 4.90 Å². The lowest BCUT2D eigenvalue weighted by atomic mass is 10.1. The van der Waals surface area contributed by atoms with Crippen LogP contribution >= 0.6 is 0 Å². The summed E-state index contributed by atoms with van der Waals surface area (Å²) < 4.78 is 14.5.